The first-order valence-electron chi connectivity index (χ1n) is 9.28. The molecule has 5 aliphatic carbocycles. The Labute approximate surface area is 123 Å². The second-order valence-electron chi connectivity index (χ2n) is 8.50. The largest absolute Gasteiger partial charge is 0.299 e. The highest BCUT2D eigenvalue weighted by atomic mass is 16.1. The number of ketones is 1. The lowest BCUT2D eigenvalue weighted by atomic mass is 9.50. The Balaban J connectivity index is 1.48. The zero-order valence-electron chi connectivity index (χ0n) is 13.0. The molecule has 0 spiro atoms. The van der Waals surface area contributed by atoms with Crippen LogP contribution in [-0.4, -0.2) is 5.78 Å². The summed E-state index contributed by atoms with van der Waals surface area (Å²) < 4.78 is 0. The van der Waals surface area contributed by atoms with Gasteiger partial charge in [-0.2, -0.15) is 0 Å². The van der Waals surface area contributed by atoms with E-state index in [1.165, 1.54) is 64.2 Å². The molecule has 5 fully saturated rings. The number of Topliss-reactive ketones (excluding diaryl/α,β-unsaturated/α-hetero) is 1. The number of hydrogen-bond donors (Lipinski definition) is 0. The van der Waals surface area contributed by atoms with Gasteiger partial charge in [-0.05, 0) is 74.5 Å². The molecule has 0 N–H and O–H groups in total. The standard InChI is InChI=1S/C19H30O/c1-2-12-4-3-5-15(7-12)19(20)18-16-8-13-6-14(10-16)11-17(18)9-13/h12-18H,2-11H2,1H3. The summed E-state index contributed by atoms with van der Waals surface area (Å²) in [6.07, 6.45) is 13.5. The highest BCUT2D eigenvalue weighted by Gasteiger charge is 2.51. The van der Waals surface area contributed by atoms with E-state index in [4.69, 9.17) is 0 Å². The predicted molar refractivity (Wildman–Crippen MR) is 81.3 cm³/mol. The summed E-state index contributed by atoms with van der Waals surface area (Å²) >= 11 is 0. The number of carbonyl (C=O) groups excluding carboxylic acids is 1. The van der Waals surface area contributed by atoms with Crippen molar-refractivity contribution >= 4 is 5.78 Å². The molecule has 112 valence electrons. The SMILES string of the molecule is CCC1CCCC(C(=O)C2C3CC4CC(C3)CC2C4)C1. The van der Waals surface area contributed by atoms with Gasteiger partial charge in [-0.25, -0.2) is 0 Å². The quantitative estimate of drug-likeness (QED) is 0.719. The van der Waals surface area contributed by atoms with E-state index in [0.717, 1.165) is 35.4 Å². The maximum Gasteiger partial charge on any atom is 0.139 e. The van der Waals surface area contributed by atoms with Gasteiger partial charge >= 0.3 is 0 Å². The minimum absolute atomic E-state index is 0.441. The molecule has 0 aliphatic heterocycles. The monoisotopic (exact) mass is 274 g/mol. The van der Waals surface area contributed by atoms with E-state index in [9.17, 15) is 4.79 Å². The first kappa shape index (κ1) is 13.3. The average Bonchev–Trinajstić information content (AvgIpc) is 2.46. The highest BCUT2D eigenvalue weighted by molar-refractivity contribution is 5.84. The van der Waals surface area contributed by atoms with E-state index in [1.54, 1.807) is 0 Å². The Morgan fingerprint density at radius 1 is 0.900 bits per heavy atom. The van der Waals surface area contributed by atoms with Crippen molar-refractivity contribution in [2.75, 3.05) is 0 Å². The summed E-state index contributed by atoms with van der Waals surface area (Å²) in [5.74, 6) is 6.07. The maximum atomic E-state index is 13.1. The van der Waals surface area contributed by atoms with E-state index < -0.39 is 0 Å². The zero-order chi connectivity index (χ0) is 13.7. The summed E-state index contributed by atoms with van der Waals surface area (Å²) in [5.41, 5.74) is 0. The van der Waals surface area contributed by atoms with Crippen molar-refractivity contribution in [1.82, 2.24) is 0 Å². The van der Waals surface area contributed by atoms with Crippen molar-refractivity contribution in [3.8, 4) is 0 Å². The summed E-state index contributed by atoms with van der Waals surface area (Å²) in [7, 11) is 0. The number of hydrogen-bond acceptors (Lipinski definition) is 1. The van der Waals surface area contributed by atoms with Crippen LogP contribution in [0.2, 0.25) is 0 Å². The van der Waals surface area contributed by atoms with E-state index in [2.05, 4.69) is 6.92 Å². The van der Waals surface area contributed by atoms with Crippen LogP contribution in [0.3, 0.4) is 0 Å². The minimum Gasteiger partial charge on any atom is -0.299 e. The van der Waals surface area contributed by atoms with Gasteiger partial charge in [0.25, 0.3) is 0 Å². The first-order chi connectivity index (χ1) is 9.74. The maximum absolute atomic E-state index is 13.1. The number of rotatable bonds is 3. The smallest absolute Gasteiger partial charge is 0.139 e. The van der Waals surface area contributed by atoms with Gasteiger partial charge in [0.2, 0.25) is 0 Å². The van der Waals surface area contributed by atoms with Crippen LogP contribution in [0.1, 0.15) is 71.1 Å². The summed E-state index contributed by atoms with van der Waals surface area (Å²) in [5, 5.41) is 0. The fourth-order valence-electron chi connectivity index (χ4n) is 6.58. The summed E-state index contributed by atoms with van der Waals surface area (Å²) in [4.78, 5) is 13.1. The van der Waals surface area contributed by atoms with Crippen LogP contribution in [0.4, 0.5) is 0 Å². The number of carbonyl (C=O) groups is 1. The third kappa shape index (κ3) is 2.16. The van der Waals surface area contributed by atoms with Gasteiger partial charge in [0.05, 0.1) is 0 Å². The Hall–Kier alpha value is -0.330. The summed E-state index contributed by atoms with van der Waals surface area (Å²) in [6, 6.07) is 0. The Bertz CT molecular complexity index is 357. The molecule has 0 heterocycles. The van der Waals surface area contributed by atoms with Gasteiger partial charge in [0.1, 0.15) is 5.78 Å². The molecule has 0 aromatic carbocycles. The molecule has 4 bridgehead atoms. The zero-order valence-corrected chi connectivity index (χ0v) is 13.0. The molecule has 0 aromatic heterocycles. The van der Waals surface area contributed by atoms with Crippen LogP contribution in [0.15, 0.2) is 0 Å². The minimum atomic E-state index is 0.441. The molecule has 0 saturated heterocycles. The third-order valence-corrected chi connectivity index (χ3v) is 7.32. The Morgan fingerprint density at radius 3 is 2.15 bits per heavy atom. The molecular formula is C19H30O. The fraction of sp³-hybridized carbons (Fsp3) is 0.947. The molecule has 5 saturated carbocycles. The highest BCUT2D eigenvalue weighted by Crippen LogP contribution is 2.57. The van der Waals surface area contributed by atoms with Crippen LogP contribution in [0.25, 0.3) is 0 Å². The second kappa shape index (κ2) is 5.14. The van der Waals surface area contributed by atoms with E-state index in [-0.39, 0.29) is 0 Å². The molecular weight excluding hydrogens is 244 g/mol. The molecule has 1 nitrogen and oxygen atoms in total. The average molecular weight is 274 g/mol. The molecule has 20 heavy (non-hydrogen) atoms. The first-order valence-corrected chi connectivity index (χ1v) is 9.28. The van der Waals surface area contributed by atoms with Crippen LogP contribution in [0.5, 0.6) is 0 Å². The lowest BCUT2D eigenvalue weighted by Crippen LogP contribution is -2.49. The van der Waals surface area contributed by atoms with E-state index in [0.29, 0.717) is 11.8 Å². The Kier molecular flexibility index (Phi) is 3.43. The van der Waals surface area contributed by atoms with Gasteiger partial charge in [-0.15, -0.1) is 0 Å². The summed E-state index contributed by atoms with van der Waals surface area (Å²) in [6.45, 7) is 2.31. The molecule has 1 heteroatoms. The van der Waals surface area contributed by atoms with Crippen LogP contribution in [0, 0.1) is 41.4 Å². The van der Waals surface area contributed by atoms with Crippen LogP contribution < -0.4 is 0 Å². The van der Waals surface area contributed by atoms with Crippen molar-refractivity contribution < 1.29 is 4.79 Å². The van der Waals surface area contributed by atoms with Crippen molar-refractivity contribution in [3.05, 3.63) is 0 Å². The van der Waals surface area contributed by atoms with Crippen molar-refractivity contribution in [1.29, 1.82) is 0 Å². The van der Waals surface area contributed by atoms with Crippen LogP contribution in [-0.2, 0) is 4.79 Å². The lowest BCUT2D eigenvalue weighted by Gasteiger charge is -2.54. The van der Waals surface area contributed by atoms with Gasteiger partial charge in [0.15, 0.2) is 0 Å². The molecule has 2 atom stereocenters. The molecule has 0 amide bonds. The molecule has 2 unspecified atom stereocenters. The fourth-order valence-corrected chi connectivity index (χ4v) is 6.58. The second-order valence-corrected chi connectivity index (χ2v) is 8.50. The normalized spacial score (nSPS) is 50.4. The van der Waals surface area contributed by atoms with E-state index in [1.807, 2.05) is 0 Å². The van der Waals surface area contributed by atoms with Gasteiger partial charge in [-0.1, -0.05) is 26.2 Å². The lowest BCUT2D eigenvalue weighted by molar-refractivity contribution is -0.141. The van der Waals surface area contributed by atoms with Crippen molar-refractivity contribution in [2.45, 2.75) is 71.1 Å². The molecule has 0 radical (unpaired) electrons. The van der Waals surface area contributed by atoms with Gasteiger partial charge in [0, 0.05) is 11.8 Å². The van der Waals surface area contributed by atoms with Gasteiger partial charge in [-0.3, -0.25) is 4.79 Å². The van der Waals surface area contributed by atoms with Crippen LogP contribution >= 0.6 is 0 Å². The van der Waals surface area contributed by atoms with E-state index >= 15 is 0 Å². The van der Waals surface area contributed by atoms with Crippen molar-refractivity contribution in [2.24, 2.45) is 41.4 Å². The molecule has 5 aliphatic rings. The molecule has 0 aromatic rings. The Morgan fingerprint density at radius 2 is 1.55 bits per heavy atom. The molecule has 5 rings (SSSR count). The third-order valence-electron chi connectivity index (χ3n) is 7.32. The topological polar surface area (TPSA) is 17.1 Å². The van der Waals surface area contributed by atoms with Gasteiger partial charge < -0.3 is 0 Å². The van der Waals surface area contributed by atoms with Crippen molar-refractivity contribution in [3.63, 3.8) is 0 Å². The predicted octanol–water partition coefficient (Wildman–Crippen LogP) is 4.84.